The molecule has 1 aliphatic heterocycles. The normalized spacial score (nSPS) is 15.5. The van der Waals surface area contributed by atoms with Crippen molar-refractivity contribution in [3.8, 4) is 0 Å². The van der Waals surface area contributed by atoms with Crippen LogP contribution in [0.15, 0.2) is 40.7 Å². The van der Waals surface area contributed by atoms with Crippen LogP contribution in [0.4, 0.5) is 9.39 Å². The zero-order valence-electron chi connectivity index (χ0n) is 15.2. The average Bonchev–Trinajstić information content (AvgIpc) is 3.16. The molecule has 7 heteroatoms. The van der Waals surface area contributed by atoms with Crippen molar-refractivity contribution < 1.29 is 4.39 Å². The van der Waals surface area contributed by atoms with E-state index in [0.29, 0.717) is 18.2 Å². The van der Waals surface area contributed by atoms with E-state index >= 15 is 0 Å². The number of aliphatic imine (C=N–C) groups is 1. The summed E-state index contributed by atoms with van der Waals surface area (Å²) in [7, 11) is 1.78. The van der Waals surface area contributed by atoms with Gasteiger partial charge in [-0.25, -0.2) is 4.39 Å². The van der Waals surface area contributed by atoms with Crippen molar-refractivity contribution in [3.05, 3.63) is 52.7 Å². The molecule has 0 aliphatic carbocycles. The molecule has 0 bridgehead atoms. The van der Waals surface area contributed by atoms with Gasteiger partial charge >= 0.3 is 0 Å². The number of halogens is 2. The van der Waals surface area contributed by atoms with Crippen molar-refractivity contribution in [2.24, 2.45) is 4.99 Å². The van der Waals surface area contributed by atoms with Crippen LogP contribution in [0.2, 0.25) is 0 Å². The highest BCUT2D eigenvalue weighted by atomic mass is 127. The van der Waals surface area contributed by atoms with E-state index < -0.39 is 0 Å². The maximum absolute atomic E-state index is 13.3. The molecule has 0 radical (unpaired) electrons. The zero-order valence-corrected chi connectivity index (χ0v) is 18.3. The second kappa shape index (κ2) is 10.1. The second-order valence-electron chi connectivity index (χ2n) is 6.37. The predicted molar refractivity (Wildman–Crippen MR) is 119 cm³/mol. The number of nitrogens with one attached hydrogen (secondary N) is 2. The van der Waals surface area contributed by atoms with Crippen LogP contribution in [0.5, 0.6) is 0 Å². The molecular formula is C19H26FIN4S. The summed E-state index contributed by atoms with van der Waals surface area (Å²) in [4.78, 5) is 6.76. The van der Waals surface area contributed by atoms with Crippen LogP contribution in [0.1, 0.15) is 24.0 Å². The van der Waals surface area contributed by atoms with Gasteiger partial charge in [0.05, 0.1) is 5.00 Å². The molecule has 2 aromatic rings. The third kappa shape index (κ3) is 5.57. The van der Waals surface area contributed by atoms with Gasteiger partial charge in [-0.1, -0.05) is 12.1 Å². The first-order valence-corrected chi connectivity index (χ1v) is 9.54. The van der Waals surface area contributed by atoms with Crippen molar-refractivity contribution in [3.63, 3.8) is 0 Å². The van der Waals surface area contributed by atoms with Gasteiger partial charge in [-0.3, -0.25) is 4.99 Å². The molecule has 1 aliphatic rings. The van der Waals surface area contributed by atoms with Crippen LogP contribution in [0, 0.1) is 12.7 Å². The first kappa shape index (κ1) is 21.0. The average molecular weight is 488 g/mol. The van der Waals surface area contributed by atoms with Crippen molar-refractivity contribution in [2.45, 2.75) is 32.4 Å². The van der Waals surface area contributed by atoms with E-state index in [2.05, 4.69) is 38.0 Å². The molecule has 0 spiro atoms. The van der Waals surface area contributed by atoms with E-state index in [4.69, 9.17) is 0 Å². The predicted octanol–water partition coefficient (Wildman–Crippen LogP) is 4.15. The van der Waals surface area contributed by atoms with Gasteiger partial charge in [-0.15, -0.1) is 35.3 Å². The van der Waals surface area contributed by atoms with Gasteiger partial charge in [0.2, 0.25) is 0 Å². The smallest absolute Gasteiger partial charge is 0.191 e. The lowest BCUT2D eigenvalue weighted by molar-refractivity contribution is 0.463. The fourth-order valence-electron chi connectivity index (χ4n) is 3.08. The molecule has 1 fully saturated rings. The van der Waals surface area contributed by atoms with Gasteiger partial charge in [-0.05, 0) is 54.5 Å². The van der Waals surface area contributed by atoms with Crippen molar-refractivity contribution in [1.29, 1.82) is 0 Å². The quantitative estimate of drug-likeness (QED) is 0.386. The Hall–Kier alpha value is -1.35. The van der Waals surface area contributed by atoms with Crippen molar-refractivity contribution >= 4 is 46.3 Å². The Morgan fingerprint density at radius 3 is 2.69 bits per heavy atom. The van der Waals surface area contributed by atoms with Gasteiger partial charge in [0, 0.05) is 32.7 Å². The molecule has 0 atom stereocenters. The molecular weight excluding hydrogens is 462 g/mol. The minimum atomic E-state index is -0.163. The molecule has 3 rings (SSSR count). The maximum atomic E-state index is 13.3. The van der Waals surface area contributed by atoms with Crippen molar-refractivity contribution in [2.75, 3.05) is 25.0 Å². The Morgan fingerprint density at radius 1 is 1.31 bits per heavy atom. The first-order valence-electron chi connectivity index (χ1n) is 8.66. The molecule has 2 heterocycles. The number of nitrogens with zero attached hydrogens (tertiary/aromatic N) is 2. The SMILES string of the molecule is CN=C(NCc1ccc(F)c(C)c1)NC1CCN(c2cccs2)CC1.I. The Balaban J connectivity index is 0.00000243. The summed E-state index contributed by atoms with van der Waals surface area (Å²) in [5.74, 6) is 0.639. The van der Waals surface area contributed by atoms with Gasteiger partial charge in [0.15, 0.2) is 5.96 Å². The van der Waals surface area contributed by atoms with Gasteiger partial charge < -0.3 is 15.5 Å². The van der Waals surface area contributed by atoms with E-state index in [1.54, 1.807) is 25.3 Å². The maximum Gasteiger partial charge on any atom is 0.191 e. The Morgan fingerprint density at radius 2 is 2.08 bits per heavy atom. The van der Waals surface area contributed by atoms with Crippen LogP contribution >= 0.6 is 35.3 Å². The highest BCUT2D eigenvalue weighted by molar-refractivity contribution is 14.0. The molecule has 26 heavy (non-hydrogen) atoms. The lowest BCUT2D eigenvalue weighted by Gasteiger charge is -2.33. The van der Waals surface area contributed by atoms with Crippen LogP contribution in [0.25, 0.3) is 0 Å². The summed E-state index contributed by atoms with van der Waals surface area (Å²) in [6.07, 6.45) is 2.18. The first-order chi connectivity index (χ1) is 12.2. The number of anilines is 1. The molecule has 1 saturated heterocycles. The van der Waals surface area contributed by atoms with Crippen LogP contribution in [-0.2, 0) is 6.54 Å². The van der Waals surface area contributed by atoms with Gasteiger partial charge in [0.1, 0.15) is 5.82 Å². The van der Waals surface area contributed by atoms with Gasteiger partial charge in [0.25, 0.3) is 0 Å². The lowest BCUT2D eigenvalue weighted by atomic mass is 10.1. The summed E-state index contributed by atoms with van der Waals surface area (Å²) in [5, 5.41) is 10.3. The zero-order chi connectivity index (χ0) is 17.6. The summed E-state index contributed by atoms with van der Waals surface area (Å²) in [6, 6.07) is 9.91. The molecule has 2 N–H and O–H groups in total. The second-order valence-corrected chi connectivity index (χ2v) is 7.29. The fraction of sp³-hybridized carbons (Fsp3) is 0.421. The number of aryl methyl sites for hydroxylation is 1. The van der Waals surface area contributed by atoms with Crippen LogP contribution in [0.3, 0.4) is 0 Å². The number of benzene rings is 1. The van der Waals surface area contributed by atoms with E-state index in [-0.39, 0.29) is 29.8 Å². The lowest BCUT2D eigenvalue weighted by Crippen LogP contribution is -2.48. The summed E-state index contributed by atoms with van der Waals surface area (Å²) in [6.45, 7) is 4.54. The molecule has 0 amide bonds. The Kier molecular flexibility index (Phi) is 8.15. The van der Waals surface area contributed by atoms with Crippen LogP contribution < -0.4 is 15.5 Å². The summed E-state index contributed by atoms with van der Waals surface area (Å²) >= 11 is 1.80. The van der Waals surface area contributed by atoms with E-state index in [1.165, 1.54) is 11.1 Å². The van der Waals surface area contributed by atoms with E-state index in [1.807, 2.05) is 12.1 Å². The molecule has 0 unspecified atom stereocenters. The molecule has 1 aromatic heterocycles. The highest BCUT2D eigenvalue weighted by Gasteiger charge is 2.20. The summed E-state index contributed by atoms with van der Waals surface area (Å²) < 4.78 is 13.3. The summed E-state index contributed by atoms with van der Waals surface area (Å²) in [5.41, 5.74) is 1.72. The van der Waals surface area contributed by atoms with Crippen LogP contribution in [-0.4, -0.2) is 32.1 Å². The topological polar surface area (TPSA) is 39.7 Å². The van der Waals surface area contributed by atoms with E-state index in [9.17, 15) is 4.39 Å². The number of hydrogen-bond acceptors (Lipinski definition) is 3. The van der Waals surface area contributed by atoms with Crippen molar-refractivity contribution in [1.82, 2.24) is 10.6 Å². The Labute approximate surface area is 175 Å². The number of piperidine rings is 1. The number of thiophene rings is 1. The standard InChI is InChI=1S/C19H25FN4S.HI/c1-14-12-15(5-6-17(14)20)13-22-19(21-2)23-16-7-9-24(10-8-16)18-4-3-11-25-18;/h3-6,11-12,16H,7-10,13H2,1-2H3,(H2,21,22,23);1H. The largest absolute Gasteiger partial charge is 0.363 e. The monoisotopic (exact) mass is 488 g/mol. The minimum Gasteiger partial charge on any atom is -0.363 e. The number of rotatable bonds is 4. The molecule has 1 aromatic carbocycles. The minimum absolute atomic E-state index is 0. The fourth-order valence-corrected chi connectivity index (χ4v) is 3.87. The highest BCUT2D eigenvalue weighted by Crippen LogP contribution is 2.24. The van der Waals surface area contributed by atoms with E-state index in [0.717, 1.165) is 37.5 Å². The third-order valence-corrected chi connectivity index (χ3v) is 5.49. The number of hydrogen-bond donors (Lipinski definition) is 2. The molecule has 0 saturated carbocycles. The Bertz CT molecular complexity index is 712. The number of guanidine groups is 1. The van der Waals surface area contributed by atoms with Gasteiger partial charge in [-0.2, -0.15) is 0 Å². The molecule has 142 valence electrons. The molecule has 4 nitrogen and oxygen atoms in total. The third-order valence-electron chi connectivity index (χ3n) is 4.56.